The molecule has 24 nitrogen and oxygen atoms in total. The Bertz CT molecular complexity index is 2410. The lowest BCUT2D eigenvalue weighted by atomic mass is 9.32. The lowest BCUT2D eigenvalue weighted by molar-refractivity contribution is -0.387. The zero-order valence-electron chi connectivity index (χ0n) is 47.8. The molecule has 0 aromatic rings. The number of carbonyl (C=O) groups excluding carboxylic acids is 2. The third-order valence-electron chi connectivity index (χ3n) is 21.5. The van der Waals surface area contributed by atoms with Gasteiger partial charge in [-0.3, -0.25) is 0 Å². The predicted molar refractivity (Wildman–Crippen MR) is 278 cm³/mol. The van der Waals surface area contributed by atoms with Gasteiger partial charge >= 0.3 is 17.9 Å². The van der Waals surface area contributed by atoms with Crippen LogP contribution in [0.25, 0.3) is 0 Å². The Morgan fingerprint density at radius 2 is 1.17 bits per heavy atom. The first-order valence-corrected chi connectivity index (χ1v) is 28.3. The van der Waals surface area contributed by atoms with E-state index in [1.807, 2.05) is 27.7 Å². The third-order valence-corrected chi connectivity index (χ3v) is 21.5. The van der Waals surface area contributed by atoms with Crippen LogP contribution in [-0.4, -0.2) is 227 Å². The summed E-state index contributed by atoms with van der Waals surface area (Å²) in [5.41, 5.74) is -5.25. The number of aliphatic hydroxyl groups excluding tert-OH is 12. The Labute approximate surface area is 471 Å². The molecule has 0 spiro atoms. The van der Waals surface area contributed by atoms with Crippen LogP contribution >= 0.6 is 0 Å². The molecule has 8 aliphatic rings. The topological polar surface area (TPSA) is 388 Å². The zero-order chi connectivity index (χ0) is 60.0. The van der Waals surface area contributed by atoms with Crippen molar-refractivity contribution in [2.24, 2.45) is 50.2 Å². The quantitative estimate of drug-likeness (QED) is 0.0415. The number of rotatable bonds is 15. The van der Waals surface area contributed by atoms with Crippen LogP contribution in [0.5, 0.6) is 0 Å². The maximum Gasteiger partial charge on any atom is 0.335 e. The van der Waals surface area contributed by atoms with Crippen LogP contribution in [0.1, 0.15) is 108 Å². The molecule has 13 N–H and O–H groups in total. The summed E-state index contributed by atoms with van der Waals surface area (Å²) in [6.45, 7) is 15.3. The monoisotopic (exact) mass is 1160 g/mol. The average Bonchev–Trinajstić information content (AvgIpc) is 1.99. The van der Waals surface area contributed by atoms with Crippen LogP contribution in [0.15, 0.2) is 34.9 Å². The van der Waals surface area contributed by atoms with Crippen molar-refractivity contribution < 1.29 is 119 Å². The Morgan fingerprint density at radius 3 is 1.70 bits per heavy atom. The number of hydrogen-bond acceptors (Lipinski definition) is 23. The van der Waals surface area contributed by atoms with Crippen molar-refractivity contribution in [2.45, 2.75) is 224 Å². The lowest BCUT2D eigenvalue weighted by Gasteiger charge is -2.73. The first-order chi connectivity index (χ1) is 37.9. The molecule has 0 bridgehead atoms. The Hall–Kier alpha value is -3.09. The van der Waals surface area contributed by atoms with Crippen LogP contribution in [-0.2, 0) is 52.3 Å². The smallest absolute Gasteiger partial charge is 0.335 e. The number of ether oxygens (including phenoxy) is 8. The number of carboxylic acid groups (broad SMARTS) is 1. The summed E-state index contributed by atoms with van der Waals surface area (Å²) in [5, 5.41) is 146. The van der Waals surface area contributed by atoms with Gasteiger partial charge in [-0.25, -0.2) is 14.4 Å². The summed E-state index contributed by atoms with van der Waals surface area (Å²) >= 11 is 0. The molecule has 7 fully saturated rings. The van der Waals surface area contributed by atoms with E-state index in [-0.39, 0.29) is 24.3 Å². The highest BCUT2D eigenvalue weighted by Gasteiger charge is 2.77. The van der Waals surface area contributed by atoms with Crippen LogP contribution in [0, 0.1) is 50.2 Å². The van der Waals surface area contributed by atoms with E-state index in [4.69, 9.17) is 37.9 Å². The second kappa shape index (κ2) is 23.3. The van der Waals surface area contributed by atoms with Gasteiger partial charge in [0.15, 0.2) is 31.1 Å². The molecule has 81 heavy (non-hydrogen) atoms. The molecule has 460 valence electrons. The van der Waals surface area contributed by atoms with E-state index >= 15 is 0 Å². The van der Waals surface area contributed by atoms with Gasteiger partial charge in [0.1, 0.15) is 67.1 Å². The first-order valence-electron chi connectivity index (χ1n) is 28.3. The molecule has 27 atom stereocenters. The molecule has 24 heteroatoms. The number of fused-ring (bicyclic) bond motifs is 7. The minimum Gasteiger partial charge on any atom is -0.479 e. The summed E-state index contributed by atoms with van der Waals surface area (Å²) in [4.78, 5) is 40.4. The number of carboxylic acids is 1. The maximum absolute atomic E-state index is 13.9. The van der Waals surface area contributed by atoms with Crippen molar-refractivity contribution in [1.82, 2.24) is 0 Å². The van der Waals surface area contributed by atoms with E-state index in [9.17, 15) is 80.8 Å². The van der Waals surface area contributed by atoms with Gasteiger partial charge in [-0.15, -0.1) is 0 Å². The van der Waals surface area contributed by atoms with Crippen LogP contribution in [0.2, 0.25) is 0 Å². The molecular weight excluding hydrogens is 1070 g/mol. The number of aliphatic hydroxyl groups is 12. The van der Waals surface area contributed by atoms with E-state index in [1.165, 1.54) is 0 Å². The maximum atomic E-state index is 13.9. The van der Waals surface area contributed by atoms with Gasteiger partial charge in [-0.05, 0) is 94.8 Å². The van der Waals surface area contributed by atoms with E-state index < -0.39 is 205 Å². The van der Waals surface area contributed by atoms with Gasteiger partial charge in [0.25, 0.3) is 0 Å². The molecule has 8 rings (SSSR count). The number of carbonyl (C=O) groups is 3. The van der Waals surface area contributed by atoms with Gasteiger partial charge < -0.3 is 104 Å². The van der Waals surface area contributed by atoms with E-state index in [0.29, 0.717) is 31.3 Å². The fourth-order valence-electron chi connectivity index (χ4n) is 16.2. The van der Waals surface area contributed by atoms with Crippen LogP contribution < -0.4 is 0 Å². The highest BCUT2D eigenvalue weighted by molar-refractivity contribution is 5.89. The van der Waals surface area contributed by atoms with Crippen molar-refractivity contribution >= 4 is 17.9 Å². The molecule has 5 aliphatic carbocycles. The number of esters is 2. The molecule has 3 heterocycles. The SMILES string of the molecule is CC=C(C)C(=O)O[C@H]1[C@H](OC(=O)C(C)=CC)[C@@]2(CO)C(CC1(C)C)C1=CCC3[C@@]4(C)CC[C@H](O[C@@H]5OC(C(=O)O)[C@@H](O)[C@@H](O[C@@H]6O[C@@H](CO)[C@@H](O)C6O)C5O[C@@H]5OC(CO)[C@H](O)[C@@H](O)C5O)[C@](C)(CO)C4CC[C@@]3(C)[C@]1(C)[C@@H](O)[C@H]2O. The van der Waals surface area contributed by atoms with Gasteiger partial charge in [0.05, 0.1) is 50.2 Å². The normalized spacial score (nSPS) is 49.8. The second-order valence-electron chi connectivity index (χ2n) is 25.9. The Balaban J connectivity index is 1.15. The number of aliphatic carboxylic acids is 1. The standard InChI is InChI=1S/C57H88O24/c1-11-24(3)47(72)80-44-45(81-48(73)25(4)12-2)57(23-61)27(19-52(44,5)6)26-13-14-31-53(7)17-16-32(54(8,22-60)30(53)15-18-55(31,9)56(26,10)42(68)43(57)69)76-51-41(79-50-37(66)35(64)33(62)28(20-58)74-50)39(38(67)40(78-51)46(70)71)77-49-36(65)34(63)29(21-59)75-49/h11-13,27-45,49-51,58-69H,14-23H2,1-10H3,(H,70,71)/t27?,28?,29-,30?,31?,32-,33-,34+,35+,36?,37?,38-,39+,40?,41?,42-,43+,44-,45-,49-,50-,51+,53-,54+,55+,56-,57-/m0/s1. The molecule has 4 saturated carbocycles. The predicted octanol–water partition coefficient (Wildman–Crippen LogP) is -0.765. The fourth-order valence-corrected chi connectivity index (χ4v) is 16.2. The minimum atomic E-state index is -2.18. The Kier molecular flexibility index (Phi) is 18.4. The largest absolute Gasteiger partial charge is 0.479 e. The van der Waals surface area contributed by atoms with Crippen molar-refractivity contribution in [3.63, 3.8) is 0 Å². The second-order valence-corrected chi connectivity index (χ2v) is 25.9. The molecule has 0 radical (unpaired) electrons. The molecule has 3 aliphatic heterocycles. The highest BCUT2D eigenvalue weighted by Crippen LogP contribution is 2.76. The minimum absolute atomic E-state index is 0.165. The van der Waals surface area contributed by atoms with Gasteiger partial charge in [0, 0.05) is 27.4 Å². The first kappa shape index (κ1) is 63.9. The Morgan fingerprint density at radius 1 is 0.630 bits per heavy atom. The van der Waals surface area contributed by atoms with Gasteiger partial charge in [-0.2, -0.15) is 0 Å². The van der Waals surface area contributed by atoms with Gasteiger partial charge in [-0.1, -0.05) is 65.3 Å². The highest BCUT2D eigenvalue weighted by atomic mass is 16.8. The summed E-state index contributed by atoms with van der Waals surface area (Å²) < 4.78 is 48.8. The average molecular weight is 1160 g/mol. The molecule has 0 amide bonds. The third kappa shape index (κ3) is 9.98. The lowest BCUT2D eigenvalue weighted by Crippen LogP contribution is -2.76. The number of allylic oxidation sites excluding steroid dienone is 3. The summed E-state index contributed by atoms with van der Waals surface area (Å²) in [6.07, 6.45) is -25.7. The zero-order valence-corrected chi connectivity index (χ0v) is 47.8. The van der Waals surface area contributed by atoms with E-state index in [2.05, 4.69) is 19.9 Å². The van der Waals surface area contributed by atoms with Crippen molar-refractivity contribution in [1.29, 1.82) is 0 Å². The molecular formula is C57H88O24. The van der Waals surface area contributed by atoms with Crippen molar-refractivity contribution in [3.05, 3.63) is 34.9 Å². The van der Waals surface area contributed by atoms with Crippen molar-refractivity contribution in [2.75, 3.05) is 26.4 Å². The number of hydrogen-bond donors (Lipinski definition) is 13. The molecule has 0 aromatic carbocycles. The summed E-state index contributed by atoms with van der Waals surface area (Å²) in [5.74, 6) is -4.48. The molecule has 3 saturated heterocycles. The molecule has 8 unspecified atom stereocenters. The summed E-state index contributed by atoms with van der Waals surface area (Å²) in [6, 6.07) is 0. The van der Waals surface area contributed by atoms with Crippen LogP contribution in [0.3, 0.4) is 0 Å². The van der Waals surface area contributed by atoms with Crippen LogP contribution in [0.4, 0.5) is 0 Å². The molecule has 0 aromatic heterocycles. The van der Waals surface area contributed by atoms with Crippen molar-refractivity contribution in [3.8, 4) is 0 Å². The fraction of sp³-hybridized carbons (Fsp3) is 0.842. The van der Waals surface area contributed by atoms with E-state index in [1.54, 1.807) is 39.8 Å². The summed E-state index contributed by atoms with van der Waals surface area (Å²) in [7, 11) is 0. The van der Waals surface area contributed by atoms with E-state index in [0.717, 1.165) is 5.57 Å². The van der Waals surface area contributed by atoms with Gasteiger partial charge in [0.2, 0.25) is 0 Å².